The van der Waals surface area contributed by atoms with Crippen LogP contribution in [0.15, 0.2) is 0 Å². The molecular formula is C4H9Cl2N. The molecule has 1 nitrogen and oxygen atoms in total. The molecule has 7 heavy (non-hydrogen) atoms. The Hall–Kier alpha value is 0.540. The molecule has 0 aliphatic heterocycles. The third-order valence-corrected chi connectivity index (χ3v) is 1.44. The van der Waals surface area contributed by atoms with E-state index in [4.69, 9.17) is 28.9 Å². The highest BCUT2D eigenvalue weighted by Crippen LogP contribution is 2.07. The molecule has 1 unspecified atom stereocenters. The minimum Gasteiger partial charge on any atom is -0.325 e. The van der Waals surface area contributed by atoms with Crippen molar-refractivity contribution in [3.8, 4) is 0 Å². The van der Waals surface area contributed by atoms with Crippen LogP contribution in [0.1, 0.15) is 13.3 Å². The minimum absolute atomic E-state index is 0.0664. The molecule has 0 heterocycles. The van der Waals surface area contributed by atoms with E-state index in [-0.39, 0.29) is 6.04 Å². The average molecular weight is 142 g/mol. The molecule has 1 atom stereocenters. The number of nitrogens with two attached hydrogens (primary N) is 1. The SMILES string of the molecule is CCC(N)C(Cl)Cl. The smallest absolute Gasteiger partial charge is 0.122 e. The monoisotopic (exact) mass is 141 g/mol. The van der Waals surface area contributed by atoms with Crippen LogP contribution in [0.5, 0.6) is 0 Å². The fraction of sp³-hybridized carbons (Fsp3) is 1.00. The van der Waals surface area contributed by atoms with Gasteiger partial charge in [0, 0.05) is 6.04 Å². The van der Waals surface area contributed by atoms with Gasteiger partial charge in [0.1, 0.15) is 4.84 Å². The van der Waals surface area contributed by atoms with E-state index in [2.05, 4.69) is 0 Å². The average Bonchev–Trinajstić information content (AvgIpc) is 1.65. The highest BCUT2D eigenvalue weighted by Gasteiger charge is 2.06. The van der Waals surface area contributed by atoms with Gasteiger partial charge in [0.15, 0.2) is 0 Å². The molecule has 44 valence electrons. The van der Waals surface area contributed by atoms with E-state index in [1.807, 2.05) is 6.92 Å². The predicted molar refractivity (Wildman–Crippen MR) is 33.8 cm³/mol. The number of hydrogen-bond donors (Lipinski definition) is 1. The maximum atomic E-state index is 5.37. The first-order valence-electron chi connectivity index (χ1n) is 2.22. The summed E-state index contributed by atoms with van der Waals surface area (Å²) in [6, 6.07) is -0.0664. The molecule has 0 aromatic carbocycles. The maximum absolute atomic E-state index is 5.37. The Morgan fingerprint density at radius 2 is 2.00 bits per heavy atom. The molecule has 0 fully saturated rings. The van der Waals surface area contributed by atoms with Gasteiger partial charge in [-0.3, -0.25) is 0 Å². The van der Waals surface area contributed by atoms with Gasteiger partial charge in [0.05, 0.1) is 0 Å². The fourth-order valence-electron chi connectivity index (χ4n) is 0.178. The molecule has 0 saturated carbocycles. The first kappa shape index (κ1) is 7.54. The second kappa shape index (κ2) is 3.53. The summed E-state index contributed by atoms with van der Waals surface area (Å²) in [5.74, 6) is 0. The lowest BCUT2D eigenvalue weighted by Crippen LogP contribution is -2.25. The number of alkyl halides is 2. The van der Waals surface area contributed by atoms with Gasteiger partial charge >= 0.3 is 0 Å². The second-order valence-electron chi connectivity index (χ2n) is 1.41. The molecule has 0 amide bonds. The molecule has 0 aromatic heterocycles. The molecule has 0 radical (unpaired) electrons. The van der Waals surface area contributed by atoms with Gasteiger partial charge in [-0.25, -0.2) is 0 Å². The molecule has 2 N–H and O–H groups in total. The maximum Gasteiger partial charge on any atom is 0.122 e. The molecule has 0 spiro atoms. The Labute approximate surface area is 53.8 Å². The molecule has 0 bridgehead atoms. The van der Waals surface area contributed by atoms with Crippen molar-refractivity contribution >= 4 is 23.2 Å². The first-order valence-corrected chi connectivity index (χ1v) is 3.09. The van der Waals surface area contributed by atoms with Crippen molar-refractivity contribution < 1.29 is 0 Å². The zero-order valence-corrected chi connectivity index (χ0v) is 5.71. The summed E-state index contributed by atoms with van der Waals surface area (Å²) in [6.07, 6.45) is 0.831. The summed E-state index contributed by atoms with van der Waals surface area (Å²) in [6.45, 7) is 1.95. The van der Waals surface area contributed by atoms with E-state index in [1.54, 1.807) is 0 Å². The van der Waals surface area contributed by atoms with Gasteiger partial charge in [0.2, 0.25) is 0 Å². The third kappa shape index (κ3) is 3.15. The van der Waals surface area contributed by atoms with Gasteiger partial charge in [0.25, 0.3) is 0 Å². The van der Waals surface area contributed by atoms with Crippen molar-refractivity contribution in [3.63, 3.8) is 0 Å². The summed E-state index contributed by atoms with van der Waals surface area (Å²) < 4.78 is 0. The minimum atomic E-state index is -0.412. The lowest BCUT2D eigenvalue weighted by molar-refractivity contribution is 0.694. The van der Waals surface area contributed by atoms with E-state index >= 15 is 0 Å². The van der Waals surface area contributed by atoms with Crippen molar-refractivity contribution in [2.75, 3.05) is 0 Å². The topological polar surface area (TPSA) is 26.0 Å². The van der Waals surface area contributed by atoms with Crippen molar-refractivity contribution in [1.82, 2.24) is 0 Å². The quantitative estimate of drug-likeness (QED) is 0.581. The molecule has 0 rings (SSSR count). The zero-order chi connectivity index (χ0) is 5.86. The summed E-state index contributed by atoms with van der Waals surface area (Å²) in [7, 11) is 0. The van der Waals surface area contributed by atoms with Crippen LogP contribution >= 0.6 is 23.2 Å². The highest BCUT2D eigenvalue weighted by atomic mass is 35.5. The van der Waals surface area contributed by atoms with E-state index in [0.717, 1.165) is 6.42 Å². The van der Waals surface area contributed by atoms with Crippen LogP contribution in [-0.4, -0.2) is 10.9 Å². The van der Waals surface area contributed by atoms with Crippen LogP contribution in [0.2, 0.25) is 0 Å². The summed E-state index contributed by atoms with van der Waals surface area (Å²) in [5.41, 5.74) is 5.35. The van der Waals surface area contributed by atoms with Gasteiger partial charge < -0.3 is 5.73 Å². The van der Waals surface area contributed by atoms with Gasteiger partial charge in [-0.05, 0) is 6.42 Å². The lowest BCUT2D eigenvalue weighted by atomic mass is 10.3. The van der Waals surface area contributed by atoms with Crippen LogP contribution in [0.25, 0.3) is 0 Å². The normalized spacial score (nSPS) is 15.0. The molecule has 0 aliphatic rings. The van der Waals surface area contributed by atoms with Crippen LogP contribution in [0.3, 0.4) is 0 Å². The molecular weight excluding hydrogens is 133 g/mol. The summed E-state index contributed by atoms with van der Waals surface area (Å²) in [5, 5.41) is 0. The second-order valence-corrected chi connectivity index (χ2v) is 2.57. The molecule has 0 saturated heterocycles. The lowest BCUT2D eigenvalue weighted by Gasteiger charge is -2.06. The molecule has 0 aromatic rings. The van der Waals surface area contributed by atoms with Crippen molar-refractivity contribution in [1.29, 1.82) is 0 Å². The highest BCUT2D eigenvalue weighted by molar-refractivity contribution is 6.44. The molecule has 0 aliphatic carbocycles. The Bertz CT molecular complexity index is 47.0. The number of hydrogen-bond acceptors (Lipinski definition) is 1. The van der Waals surface area contributed by atoms with Crippen LogP contribution < -0.4 is 5.73 Å². The summed E-state index contributed by atoms with van der Waals surface area (Å²) >= 11 is 10.7. The Balaban J connectivity index is 3.14. The Kier molecular flexibility index (Phi) is 3.80. The largest absolute Gasteiger partial charge is 0.325 e. The zero-order valence-electron chi connectivity index (χ0n) is 4.20. The Morgan fingerprint density at radius 1 is 1.57 bits per heavy atom. The van der Waals surface area contributed by atoms with Crippen molar-refractivity contribution in [3.05, 3.63) is 0 Å². The van der Waals surface area contributed by atoms with Crippen LogP contribution in [-0.2, 0) is 0 Å². The van der Waals surface area contributed by atoms with Gasteiger partial charge in [-0.1, -0.05) is 6.92 Å². The van der Waals surface area contributed by atoms with E-state index in [1.165, 1.54) is 0 Å². The summed E-state index contributed by atoms with van der Waals surface area (Å²) in [4.78, 5) is -0.412. The van der Waals surface area contributed by atoms with Gasteiger partial charge in [-0.15, -0.1) is 23.2 Å². The van der Waals surface area contributed by atoms with E-state index in [0.29, 0.717) is 0 Å². The van der Waals surface area contributed by atoms with E-state index in [9.17, 15) is 0 Å². The number of rotatable bonds is 2. The van der Waals surface area contributed by atoms with Crippen LogP contribution in [0, 0.1) is 0 Å². The Morgan fingerprint density at radius 3 is 2.00 bits per heavy atom. The standard InChI is InChI=1S/C4H9Cl2N/c1-2-3(7)4(5)6/h3-4H,2,7H2,1H3. The molecule has 3 heteroatoms. The first-order chi connectivity index (χ1) is 3.18. The van der Waals surface area contributed by atoms with Crippen molar-refractivity contribution in [2.45, 2.75) is 24.2 Å². The van der Waals surface area contributed by atoms with Crippen molar-refractivity contribution in [2.24, 2.45) is 5.73 Å². The fourth-order valence-corrected chi connectivity index (χ4v) is 0.535. The number of halogens is 2. The predicted octanol–water partition coefficient (Wildman–Crippen LogP) is 1.53. The van der Waals surface area contributed by atoms with Gasteiger partial charge in [-0.2, -0.15) is 0 Å². The van der Waals surface area contributed by atoms with Crippen LogP contribution in [0.4, 0.5) is 0 Å². The third-order valence-electron chi connectivity index (χ3n) is 0.795. The van der Waals surface area contributed by atoms with E-state index < -0.39 is 4.84 Å².